The molecule has 7 heteroatoms. The zero-order chi connectivity index (χ0) is 16.7. The summed E-state index contributed by atoms with van der Waals surface area (Å²) in [6, 6.07) is 7.91. The Bertz CT molecular complexity index is 660. The van der Waals surface area contributed by atoms with Crippen molar-refractivity contribution in [1.29, 1.82) is 0 Å². The zero-order valence-corrected chi connectivity index (χ0v) is 18.2. The Hall–Kier alpha value is -0.860. The highest BCUT2D eigenvalue weighted by atomic mass is 127. The van der Waals surface area contributed by atoms with Crippen molar-refractivity contribution in [3.8, 4) is 0 Å². The van der Waals surface area contributed by atoms with Crippen molar-refractivity contribution in [2.24, 2.45) is 4.99 Å². The average molecular weight is 479 g/mol. The highest BCUT2D eigenvalue weighted by Gasteiger charge is 2.07. The Kier molecular flexibility index (Phi) is 9.61. The third kappa shape index (κ3) is 6.94. The van der Waals surface area contributed by atoms with Crippen LogP contribution in [0.15, 0.2) is 34.6 Å². The molecule has 0 aliphatic carbocycles. The van der Waals surface area contributed by atoms with E-state index in [1.54, 1.807) is 18.4 Å². The number of nitrogens with zero attached hydrogens (tertiary/aromatic N) is 3. The molecule has 1 aromatic heterocycles. The van der Waals surface area contributed by atoms with Gasteiger partial charge in [0, 0.05) is 49.7 Å². The summed E-state index contributed by atoms with van der Waals surface area (Å²) in [7, 11) is 3.83. The minimum atomic E-state index is 0. The molecule has 0 aliphatic rings. The average Bonchev–Trinajstić information content (AvgIpc) is 2.92. The van der Waals surface area contributed by atoms with Crippen LogP contribution in [-0.4, -0.2) is 36.5 Å². The molecule has 0 atom stereocenters. The molecule has 0 bridgehead atoms. The van der Waals surface area contributed by atoms with E-state index in [9.17, 15) is 0 Å². The molecule has 0 saturated heterocycles. The first-order valence-electron chi connectivity index (χ1n) is 7.65. The molecular formula is C17H24ClIN4S. The minimum Gasteiger partial charge on any atom is -0.356 e. The van der Waals surface area contributed by atoms with E-state index in [2.05, 4.69) is 31.6 Å². The molecule has 0 unspecified atom stereocenters. The molecule has 1 aromatic carbocycles. The van der Waals surface area contributed by atoms with Gasteiger partial charge < -0.3 is 10.2 Å². The number of hydrogen-bond acceptors (Lipinski definition) is 3. The number of thiazole rings is 1. The predicted molar refractivity (Wildman–Crippen MR) is 115 cm³/mol. The lowest BCUT2D eigenvalue weighted by atomic mass is 10.2. The SMILES string of the molecule is CN=C(NCCCc1nc(C)cs1)N(C)Cc1cccc(Cl)c1.I. The first-order valence-corrected chi connectivity index (χ1v) is 8.91. The molecule has 0 amide bonds. The van der Waals surface area contributed by atoms with Gasteiger partial charge in [0.1, 0.15) is 0 Å². The number of halogens is 2. The molecule has 1 heterocycles. The maximum Gasteiger partial charge on any atom is 0.193 e. The molecule has 4 nitrogen and oxygen atoms in total. The summed E-state index contributed by atoms with van der Waals surface area (Å²) in [5, 5.41) is 7.46. The number of aryl methyl sites for hydroxylation is 2. The monoisotopic (exact) mass is 478 g/mol. The molecule has 2 rings (SSSR count). The number of guanidine groups is 1. The number of benzene rings is 1. The van der Waals surface area contributed by atoms with Crippen LogP contribution in [0.4, 0.5) is 0 Å². The van der Waals surface area contributed by atoms with Gasteiger partial charge in [0.2, 0.25) is 0 Å². The van der Waals surface area contributed by atoms with Gasteiger partial charge in [-0.25, -0.2) is 4.98 Å². The van der Waals surface area contributed by atoms with Crippen molar-refractivity contribution in [3.05, 3.63) is 50.9 Å². The molecule has 0 aliphatic heterocycles. The van der Waals surface area contributed by atoms with Crippen LogP contribution in [0.25, 0.3) is 0 Å². The molecular weight excluding hydrogens is 455 g/mol. The van der Waals surface area contributed by atoms with Crippen molar-refractivity contribution in [1.82, 2.24) is 15.2 Å². The minimum absolute atomic E-state index is 0. The van der Waals surface area contributed by atoms with E-state index in [4.69, 9.17) is 11.6 Å². The van der Waals surface area contributed by atoms with Crippen molar-refractivity contribution in [3.63, 3.8) is 0 Å². The van der Waals surface area contributed by atoms with Crippen molar-refractivity contribution >= 4 is 52.9 Å². The maximum absolute atomic E-state index is 6.03. The molecule has 0 radical (unpaired) electrons. The first kappa shape index (κ1) is 21.2. The summed E-state index contributed by atoms with van der Waals surface area (Å²) in [6.45, 7) is 3.68. The topological polar surface area (TPSA) is 40.5 Å². The van der Waals surface area contributed by atoms with Gasteiger partial charge in [-0.3, -0.25) is 4.99 Å². The maximum atomic E-state index is 6.03. The highest BCUT2D eigenvalue weighted by molar-refractivity contribution is 14.0. The van der Waals surface area contributed by atoms with Gasteiger partial charge >= 0.3 is 0 Å². The van der Waals surface area contributed by atoms with Gasteiger partial charge in [-0.15, -0.1) is 35.3 Å². The van der Waals surface area contributed by atoms with Gasteiger partial charge in [0.25, 0.3) is 0 Å². The summed E-state index contributed by atoms with van der Waals surface area (Å²) in [5.41, 5.74) is 2.27. The van der Waals surface area contributed by atoms with Crippen molar-refractivity contribution < 1.29 is 0 Å². The summed E-state index contributed by atoms with van der Waals surface area (Å²) in [4.78, 5) is 10.9. The molecule has 1 N–H and O–H groups in total. The predicted octanol–water partition coefficient (Wildman–Crippen LogP) is 4.36. The van der Waals surface area contributed by atoms with Gasteiger partial charge in [-0.05, 0) is 31.0 Å². The third-order valence-corrected chi connectivity index (χ3v) is 4.66. The van der Waals surface area contributed by atoms with Crippen LogP contribution in [0.3, 0.4) is 0 Å². The Balaban J connectivity index is 0.00000288. The molecule has 0 fully saturated rings. The van der Waals surface area contributed by atoms with Crippen LogP contribution < -0.4 is 5.32 Å². The number of rotatable bonds is 6. The van der Waals surface area contributed by atoms with E-state index in [1.165, 1.54) is 10.6 Å². The van der Waals surface area contributed by atoms with E-state index in [0.717, 1.165) is 42.6 Å². The third-order valence-electron chi connectivity index (χ3n) is 3.40. The van der Waals surface area contributed by atoms with Crippen LogP contribution in [0.2, 0.25) is 5.02 Å². The lowest BCUT2D eigenvalue weighted by Crippen LogP contribution is -2.39. The normalized spacial score (nSPS) is 11.1. The number of hydrogen-bond donors (Lipinski definition) is 1. The second kappa shape index (κ2) is 10.9. The Morgan fingerprint density at radius 1 is 1.42 bits per heavy atom. The van der Waals surface area contributed by atoms with Crippen LogP contribution in [-0.2, 0) is 13.0 Å². The Morgan fingerprint density at radius 3 is 2.83 bits per heavy atom. The number of aromatic nitrogens is 1. The van der Waals surface area contributed by atoms with E-state index < -0.39 is 0 Å². The fourth-order valence-electron chi connectivity index (χ4n) is 2.33. The van der Waals surface area contributed by atoms with Crippen LogP contribution in [0.1, 0.15) is 22.7 Å². The van der Waals surface area contributed by atoms with Gasteiger partial charge in [0.15, 0.2) is 5.96 Å². The molecule has 132 valence electrons. The second-order valence-electron chi connectivity index (χ2n) is 5.45. The fraction of sp³-hybridized carbons (Fsp3) is 0.412. The number of nitrogens with one attached hydrogen (secondary N) is 1. The van der Waals surface area contributed by atoms with Gasteiger partial charge in [-0.1, -0.05) is 23.7 Å². The molecule has 0 spiro atoms. The van der Waals surface area contributed by atoms with E-state index >= 15 is 0 Å². The van der Waals surface area contributed by atoms with Gasteiger partial charge in [0.05, 0.1) is 5.01 Å². The quantitative estimate of drug-likeness (QED) is 0.290. The summed E-state index contributed by atoms with van der Waals surface area (Å²) < 4.78 is 0. The lowest BCUT2D eigenvalue weighted by Gasteiger charge is -2.22. The number of aliphatic imine (C=N–C) groups is 1. The summed E-state index contributed by atoms with van der Waals surface area (Å²) in [6.07, 6.45) is 2.04. The molecule has 0 saturated carbocycles. The van der Waals surface area contributed by atoms with E-state index in [0.29, 0.717) is 0 Å². The van der Waals surface area contributed by atoms with Crippen molar-refractivity contribution in [2.75, 3.05) is 20.6 Å². The molecule has 2 aromatic rings. The highest BCUT2D eigenvalue weighted by Crippen LogP contribution is 2.12. The first-order chi connectivity index (χ1) is 11.1. The zero-order valence-electron chi connectivity index (χ0n) is 14.3. The summed E-state index contributed by atoms with van der Waals surface area (Å²) >= 11 is 7.77. The van der Waals surface area contributed by atoms with Gasteiger partial charge in [-0.2, -0.15) is 0 Å². The lowest BCUT2D eigenvalue weighted by molar-refractivity contribution is 0.476. The Labute approximate surface area is 170 Å². The fourth-order valence-corrected chi connectivity index (χ4v) is 3.36. The standard InChI is InChI=1S/C17H23ClN4S.HI/c1-13-12-23-16(21-13)8-5-9-20-17(19-2)22(3)11-14-6-4-7-15(18)10-14;/h4,6-7,10,12H,5,8-9,11H2,1-3H3,(H,19,20);1H. The van der Waals surface area contributed by atoms with Crippen LogP contribution >= 0.6 is 46.9 Å². The van der Waals surface area contributed by atoms with E-state index in [-0.39, 0.29) is 24.0 Å². The van der Waals surface area contributed by atoms with Crippen LogP contribution in [0, 0.1) is 6.92 Å². The van der Waals surface area contributed by atoms with Crippen LogP contribution in [0.5, 0.6) is 0 Å². The second-order valence-corrected chi connectivity index (χ2v) is 6.83. The van der Waals surface area contributed by atoms with Crippen molar-refractivity contribution in [2.45, 2.75) is 26.3 Å². The Morgan fingerprint density at radius 2 is 2.21 bits per heavy atom. The van der Waals surface area contributed by atoms with E-state index in [1.807, 2.05) is 32.2 Å². The molecule has 24 heavy (non-hydrogen) atoms. The summed E-state index contributed by atoms with van der Waals surface area (Å²) in [5.74, 6) is 0.889. The smallest absolute Gasteiger partial charge is 0.193 e. The largest absolute Gasteiger partial charge is 0.356 e.